The maximum atomic E-state index is 6.04. The molecule has 1 atom stereocenters. The van der Waals surface area contributed by atoms with Crippen molar-refractivity contribution in [1.82, 2.24) is 0 Å². The van der Waals surface area contributed by atoms with E-state index in [-0.39, 0.29) is 6.10 Å². The van der Waals surface area contributed by atoms with Crippen LogP contribution in [0.15, 0.2) is 30.3 Å². The molecule has 0 N–H and O–H groups in total. The van der Waals surface area contributed by atoms with Gasteiger partial charge in [0, 0.05) is 6.55 Å². The Morgan fingerprint density at radius 2 is 1.81 bits per heavy atom. The van der Waals surface area contributed by atoms with Gasteiger partial charge in [-0.1, -0.05) is 30.3 Å². The second-order valence-electron chi connectivity index (χ2n) is 4.37. The van der Waals surface area contributed by atoms with Crippen LogP contribution in [0.1, 0.15) is 18.6 Å². The van der Waals surface area contributed by atoms with Crippen LogP contribution in [0.25, 0.3) is 0 Å². The third-order valence-corrected chi connectivity index (χ3v) is 6.43. The van der Waals surface area contributed by atoms with Crippen molar-refractivity contribution >= 4 is 17.6 Å². The van der Waals surface area contributed by atoms with Gasteiger partial charge < -0.3 is 8.54 Å². The highest BCUT2D eigenvalue weighted by molar-refractivity contribution is 6.73. The first-order chi connectivity index (χ1) is 7.41. The standard InChI is InChI=1S/C12H20O2Si2/c1-11(12-9-7-6-8-10-12)13-16(4,5)14-15(2)3/h6-11H,2H2,1,3-5H3/q+1. The van der Waals surface area contributed by atoms with Crippen molar-refractivity contribution in [3.05, 3.63) is 42.4 Å². The maximum Gasteiger partial charge on any atom is 0.463 e. The van der Waals surface area contributed by atoms with E-state index in [0.29, 0.717) is 0 Å². The van der Waals surface area contributed by atoms with Crippen LogP contribution in [-0.4, -0.2) is 17.6 Å². The summed E-state index contributed by atoms with van der Waals surface area (Å²) in [4.78, 5) is 0. The number of benzene rings is 1. The molecule has 1 aromatic carbocycles. The van der Waals surface area contributed by atoms with Gasteiger partial charge in [0.1, 0.15) is 0 Å². The predicted molar refractivity (Wildman–Crippen MR) is 71.5 cm³/mol. The topological polar surface area (TPSA) is 18.5 Å². The Hall–Kier alpha value is -0.556. The maximum absolute atomic E-state index is 6.04. The van der Waals surface area contributed by atoms with Crippen LogP contribution in [0.4, 0.5) is 0 Å². The predicted octanol–water partition coefficient (Wildman–Crippen LogP) is 3.48. The van der Waals surface area contributed by atoms with Gasteiger partial charge in [-0.3, -0.25) is 0 Å². The summed E-state index contributed by atoms with van der Waals surface area (Å²) >= 11 is 0. The largest absolute Gasteiger partial charge is 0.463 e. The van der Waals surface area contributed by atoms with Crippen LogP contribution in [0.2, 0.25) is 19.6 Å². The van der Waals surface area contributed by atoms with E-state index < -0.39 is 17.6 Å². The second-order valence-corrected chi connectivity index (χ2v) is 9.63. The molecule has 0 aliphatic heterocycles. The zero-order valence-corrected chi connectivity index (χ0v) is 12.5. The molecule has 0 spiro atoms. The van der Waals surface area contributed by atoms with Crippen molar-refractivity contribution < 1.29 is 8.54 Å². The molecule has 1 rings (SSSR count). The Kier molecular flexibility index (Phi) is 4.79. The van der Waals surface area contributed by atoms with Gasteiger partial charge >= 0.3 is 17.6 Å². The molecule has 0 aliphatic carbocycles. The Labute approximate surface area is 102 Å². The highest BCUT2D eigenvalue weighted by atomic mass is 28.4. The van der Waals surface area contributed by atoms with Gasteiger partial charge in [-0.05, 0) is 32.1 Å². The minimum Gasteiger partial charge on any atom is -0.398 e. The first kappa shape index (κ1) is 13.5. The average Bonchev–Trinajstić information content (AvgIpc) is 2.16. The minimum atomic E-state index is -2.03. The van der Waals surface area contributed by atoms with Gasteiger partial charge in [-0.15, -0.1) is 0 Å². The van der Waals surface area contributed by atoms with E-state index in [1.54, 1.807) is 0 Å². The fraction of sp³-hybridized carbons (Fsp3) is 0.417. The van der Waals surface area contributed by atoms with Crippen LogP contribution >= 0.6 is 0 Å². The van der Waals surface area contributed by atoms with Crippen molar-refractivity contribution in [2.45, 2.75) is 32.7 Å². The number of hydrogen-bond acceptors (Lipinski definition) is 2. The quantitative estimate of drug-likeness (QED) is 0.590. The molecule has 87 valence electrons. The van der Waals surface area contributed by atoms with Crippen LogP contribution in [0.5, 0.6) is 0 Å². The molecule has 0 saturated heterocycles. The zero-order valence-electron chi connectivity index (χ0n) is 10.5. The Morgan fingerprint density at radius 3 is 2.31 bits per heavy atom. The van der Waals surface area contributed by atoms with Crippen molar-refractivity contribution in [2.24, 2.45) is 0 Å². The highest BCUT2D eigenvalue weighted by Gasteiger charge is 2.32. The van der Waals surface area contributed by atoms with Crippen LogP contribution in [0.3, 0.4) is 0 Å². The van der Waals surface area contributed by atoms with Gasteiger partial charge in [-0.25, -0.2) is 0 Å². The lowest BCUT2D eigenvalue weighted by Gasteiger charge is -2.26. The van der Waals surface area contributed by atoms with Gasteiger partial charge in [0.15, 0.2) is 0 Å². The number of rotatable bonds is 5. The van der Waals surface area contributed by atoms with E-state index in [2.05, 4.69) is 38.7 Å². The molecule has 0 bridgehead atoms. The Bertz CT molecular complexity index is 312. The fourth-order valence-electron chi connectivity index (χ4n) is 1.66. The van der Waals surface area contributed by atoms with E-state index in [1.165, 1.54) is 5.56 Å². The van der Waals surface area contributed by atoms with E-state index in [9.17, 15) is 0 Å². The molecule has 0 aromatic heterocycles. The van der Waals surface area contributed by atoms with E-state index in [0.717, 1.165) is 0 Å². The van der Waals surface area contributed by atoms with Gasteiger partial charge in [-0.2, -0.15) is 0 Å². The van der Waals surface area contributed by atoms with E-state index >= 15 is 0 Å². The van der Waals surface area contributed by atoms with Crippen LogP contribution < -0.4 is 0 Å². The summed E-state index contributed by atoms with van der Waals surface area (Å²) in [5.41, 5.74) is 1.20. The molecule has 0 saturated carbocycles. The third-order valence-electron chi connectivity index (χ3n) is 2.15. The Morgan fingerprint density at radius 1 is 1.25 bits per heavy atom. The van der Waals surface area contributed by atoms with Crippen molar-refractivity contribution in [3.63, 3.8) is 0 Å². The lowest BCUT2D eigenvalue weighted by Crippen LogP contribution is -2.39. The molecule has 2 nitrogen and oxygen atoms in total. The molecule has 0 heterocycles. The molecule has 1 unspecified atom stereocenters. The molecule has 1 radical (unpaired) electrons. The zero-order chi connectivity index (χ0) is 12.2. The first-order valence-electron chi connectivity index (χ1n) is 5.48. The molecule has 0 amide bonds. The molecule has 4 heteroatoms. The first-order valence-corrected chi connectivity index (χ1v) is 10.4. The highest BCUT2D eigenvalue weighted by Crippen LogP contribution is 2.22. The summed E-state index contributed by atoms with van der Waals surface area (Å²) in [6, 6.07) is 10.2. The lowest BCUT2D eigenvalue weighted by atomic mass is 10.1. The monoisotopic (exact) mass is 252 g/mol. The Balaban J connectivity index is 2.60. The lowest BCUT2D eigenvalue weighted by molar-refractivity contribution is 0.176. The van der Waals surface area contributed by atoms with E-state index in [1.807, 2.05) is 24.7 Å². The number of hydrogen-bond donors (Lipinski definition) is 0. The van der Waals surface area contributed by atoms with Gasteiger partial charge in [0.05, 0.1) is 6.10 Å². The van der Waals surface area contributed by atoms with Crippen LogP contribution in [0, 0.1) is 6.55 Å². The summed E-state index contributed by atoms with van der Waals surface area (Å²) in [6.45, 7) is 12.2. The molecule has 0 aliphatic rings. The summed E-state index contributed by atoms with van der Waals surface area (Å²) in [7, 11) is -2.96. The van der Waals surface area contributed by atoms with Gasteiger partial charge in [0.25, 0.3) is 0 Å². The summed E-state index contributed by atoms with van der Waals surface area (Å²) in [6.07, 6.45) is 0.0872. The summed E-state index contributed by atoms with van der Waals surface area (Å²) in [5, 5.41) is 0. The molecule has 0 fully saturated rings. The van der Waals surface area contributed by atoms with Crippen LogP contribution in [-0.2, 0) is 8.54 Å². The summed E-state index contributed by atoms with van der Waals surface area (Å²) in [5.74, 6) is 0. The summed E-state index contributed by atoms with van der Waals surface area (Å²) < 4.78 is 11.9. The van der Waals surface area contributed by atoms with Crippen molar-refractivity contribution in [1.29, 1.82) is 0 Å². The van der Waals surface area contributed by atoms with Crippen molar-refractivity contribution in [3.8, 4) is 0 Å². The molecule has 16 heavy (non-hydrogen) atoms. The minimum absolute atomic E-state index is 0.0872. The van der Waals surface area contributed by atoms with Gasteiger partial charge in [0.2, 0.25) is 0 Å². The normalized spacial score (nSPS) is 14.1. The average molecular weight is 252 g/mol. The fourth-order valence-corrected chi connectivity index (χ4v) is 6.20. The van der Waals surface area contributed by atoms with Crippen molar-refractivity contribution in [2.75, 3.05) is 0 Å². The second kappa shape index (κ2) is 5.68. The molecular weight excluding hydrogens is 232 g/mol. The van der Waals surface area contributed by atoms with E-state index in [4.69, 9.17) is 8.54 Å². The smallest absolute Gasteiger partial charge is 0.398 e. The SMILES string of the molecule is [CH2+][Si](C)O[Si](C)(C)OC(C)c1ccccc1. The molecule has 1 aromatic rings. The third kappa shape index (κ3) is 4.53. The molecular formula is C12H20O2Si2+.